The van der Waals surface area contributed by atoms with Crippen molar-refractivity contribution in [3.63, 3.8) is 0 Å². The van der Waals surface area contributed by atoms with Crippen molar-refractivity contribution < 1.29 is 0 Å². The smallest absolute Gasteiger partial charge is 0.0388 e. The highest BCUT2D eigenvalue weighted by Crippen LogP contribution is 2.23. The van der Waals surface area contributed by atoms with Crippen LogP contribution >= 0.6 is 11.3 Å². The number of hydrogen-bond acceptors (Lipinski definition) is 2. The highest BCUT2D eigenvalue weighted by atomic mass is 32.1. The Hall–Kier alpha value is -0.340. The molecule has 1 nitrogen and oxygen atoms in total. The van der Waals surface area contributed by atoms with Crippen molar-refractivity contribution >= 4 is 11.3 Å². The Labute approximate surface area is 91.5 Å². The molecule has 0 radical (unpaired) electrons. The minimum absolute atomic E-state index is 0.520. The van der Waals surface area contributed by atoms with Crippen LogP contribution in [-0.2, 0) is 0 Å². The van der Waals surface area contributed by atoms with E-state index in [4.69, 9.17) is 0 Å². The van der Waals surface area contributed by atoms with E-state index < -0.39 is 0 Å². The number of unbranched alkanes of at least 4 members (excludes halogenated alkanes) is 2. The molecule has 2 heteroatoms. The maximum atomic E-state index is 3.57. The van der Waals surface area contributed by atoms with Crippen molar-refractivity contribution in [1.82, 2.24) is 5.32 Å². The number of thiophene rings is 1. The summed E-state index contributed by atoms with van der Waals surface area (Å²) in [5, 5.41) is 5.75. The highest BCUT2D eigenvalue weighted by Gasteiger charge is 2.07. The van der Waals surface area contributed by atoms with Gasteiger partial charge >= 0.3 is 0 Å². The van der Waals surface area contributed by atoms with E-state index in [2.05, 4.69) is 37.5 Å². The number of nitrogens with one attached hydrogen (secondary N) is 1. The van der Waals surface area contributed by atoms with Gasteiger partial charge in [0.25, 0.3) is 0 Å². The Kier molecular flexibility index (Phi) is 5.20. The molecular weight excluding hydrogens is 190 g/mol. The van der Waals surface area contributed by atoms with E-state index in [-0.39, 0.29) is 0 Å². The largest absolute Gasteiger partial charge is 0.309 e. The van der Waals surface area contributed by atoms with Gasteiger partial charge in [0.05, 0.1) is 0 Å². The third-order valence-corrected chi connectivity index (χ3v) is 3.73. The summed E-state index contributed by atoms with van der Waals surface area (Å²) in [7, 11) is 0. The Morgan fingerprint density at radius 2 is 2.21 bits per heavy atom. The molecule has 0 spiro atoms. The Morgan fingerprint density at radius 3 is 2.79 bits per heavy atom. The van der Waals surface area contributed by atoms with Crippen LogP contribution < -0.4 is 5.32 Å². The fraction of sp³-hybridized carbons (Fsp3) is 0.667. The summed E-state index contributed by atoms with van der Waals surface area (Å²) in [6, 6.07) is 2.72. The molecule has 0 bridgehead atoms. The lowest BCUT2D eigenvalue weighted by Gasteiger charge is -2.12. The second-order valence-electron chi connectivity index (χ2n) is 3.85. The summed E-state index contributed by atoms with van der Waals surface area (Å²) < 4.78 is 0. The maximum absolute atomic E-state index is 3.57. The van der Waals surface area contributed by atoms with E-state index in [1.165, 1.54) is 29.7 Å². The van der Waals surface area contributed by atoms with Crippen LogP contribution in [-0.4, -0.2) is 6.54 Å². The molecule has 1 unspecified atom stereocenters. The molecule has 1 rings (SSSR count). The average Bonchev–Trinajstić information content (AvgIpc) is 2.59. The Bertz CT molecular complexity index is 255. The van der Waals surface area contributed by atoms with Crippen molar-refractivity contribution in [3.05, 3.63) is 21.9 Å². The van der Waals surface area contributed by atoms with Crippen LogP contribution in [0.25, 0.3) is 0 Å². The van der Waals surface area contributed by atoms with Gasteiger partial charge in [-0.25, -0.2) is 0 Å². The number of rotatable bonds is 6. The SMILES string of the molecule is CCCCCNC(C)c1sccc1C. The molecule has 0 aromatic carbocycles. The minimum atomic E-state index is 0.520. The van der Waals surface area contributed by atoms with Gasteiger partial charge in [-0.2, -0.15) is 0 Å². The predicted molar refractivity (Wildman–Crippen MR) is 65.0 cm³/mol. The van der Waals surface area contributed by atoms with Crippen LogP contribution in [0.2, 0.25) is 0 Å². The van der Waals surface area contributed by atoms with Crippen molar-refractivity contribution in [3.8, 4) is 0 Å². The molecule has 1 N–H and O–H groups in total. The Morgan fingerprint density at radius 1 is 1.43 bits per heavy atom. The lowest BCUT2D eigenvalue weighted by Crippen LogP contribution is -2.19. The first-order valence-electron chi connectivity index (χ1n) is 5.53. The van der Waals surface area contributed by atoms with Gasteiger partial charge in [0.15, 0.2) is 0 Å². The quantitative estimate of drug-likeness (QED) is 0.704. The van der Waals surface area contributed by atoms with Gasteiger partial charge in [0, 0.05) is 10.9 Å². The summed E-state index contributed by atoms with van der Waals surface area (Å²) in [5.74, 6) is 0. The van der Waals surface area contributed by atoms with Crippen LogP contribution in [0.3, 0.4) is 0 Å². The molecule has 80 valence electrons. The lowest BCUT2D eigenvalue weighted by molar-refractivity contribution is 0.548. The fourth-order valence-electron chi connectivity index (χ4n) is 1.61. The van der Waals surface area contributed by atoms with E-state index >= 15 is 0 Å². The molecule has 0 aliphatic heterocycles. The molecule has 1 aromatic rings. The molecule has 0 saturated heterocycles. The zero-order valence-electron chi connectivity index (χ0n) is 9.47. The molecular formula is C12H21NS. The second kappa shape index (κ2) is 6.20. The topological polar surface area (TPSA) is 12.0 Å². The van der Waals surface area contributed by atoms with Gasteiger partial charge in [-0.05, 0) is 43.8 Å². The third kappa shape index (κ3) is 3.43. The molecule has 0 aliphatic carbocycles. The molecule has 0 amide bonds. The second-order valence-corrected chi connectivity index (χ2v) is 4.80. The van der Waals surface area contributed by atoms with Gasteiger partial charge in [-0.3, -0.25) is 0 Å². The van der Waals surface area contributed by atoms with Crippen LogP contribution in [0.1, 0.15) is 49.6 Å². The van der Waals surface area contributed by atoms with Crippen LogP contribution in [0.5, 0.6) is 0 Å². The Balaban J connectivity index is 2.28. The first-order valence-corrected chi connectivity index (χ1v) is 6.41. The van der Waals surface area contributed by atoms with E-state index in [0.717, 1.165) is 6.54 Å². The number of aryl methyl sites for hydroxylation is 1. The van der Waals surface area contributed by atoms with Crippen LogP contribution in [0.15, 0.2) is 11.4 Å². The van der Waals surface area contributed by atoms with Crippen molar-refractivity contribution in [2.75, 3.05) is 6.54 Å². The van der Waals surface area contributed by atoms with Crippen LogP contribution in [0.4, 0.5) is 0 Å². The van der Waals surface area contributed by atoms with Gasteiger partial charge in [0.2, 0.25) is 0 Å². The van der Waals surface area contributed by atoms with E-state index in [0.29, 0.717) is 6.04 Å². The molecule has 1 atom stereocenters. The predicted octanol–water partition coefficient (Wildman–Crippen LogP) is 3.90. The first kappa shape index (κ1) is 11.7. The summed E-state index contributed by atoms with van der Waals surface area (Å²) >= 11 is 1.86. The van der Waals surface area contributed by atoms with E-state index in [1.54, 1.807) is 0 Å². The standard InChI is InChI=1S/C12H21NS/c1-4-5-6-8-13-11(3)12-10(2)7-9-14-12/h7,9,11,13H,4-6,8H2,1-3H3. The number of hydrogen-bond donors (Lipinski definition) is 1. The summed E-state index contributed by atoms with van der Waals surface area (Å²) in [4.78, 5) is 1.49. The first-order chi connectivity index (χ1) is 6.75. The lowest BCUT2D eigenvalue weighted by atomic mass is 10.2. The zero-order valence-corrected chi connectivity index (χ0v) is 10.3. The maximum Gasteiger partial charge on any atom is 0.0388 e. The van der Waals surface area contributed by atoms with Crippen molar-refractivity contribution in [2.24, 2.45) is 0 Å². The van der Waals surface area contributed by atoms with E-state index in [1.807, 2.05) is 11.3 Å². The van der Waals surface area contributed by atoms with Gasteiger partial charge in [0.1, 0.15) is 0 Å². The summed E-state index contributed by atoms with van der Waals surface area (Å²) in [6.45, 7) is 7.83. The molecule has 0 saturated carbocycles. The minimum Gasteiger partial charge on any atom is -0.309 e. The van der Waals surface area contributed by atoms with Gasteiger partial charge in [-0.15, -0.1) is 11.3 Å². The molecule has 0 fully saturated rings. The summed E-state index contributed by atoms with van der Waals surface area (Å²) in [5.41, 5.74) is 1.42. The van der Waals surface area contributed by atoms with E-state index in [9.17, 15) is 0 Å². The zero-order chi connectivity index (χ0) is 10.4. The highest BCUT2D eigenvalue weighted by molar-refractivity contribution is 7.10. The van der Waals surface area contributed by atoms with Gasteiger partial charge in [-0.1, -0.05) is 19.8 Å². The monoisotopic (exact) mass is 211 g/mol. The third-order valence-electron chi connectivity index (χ3n) is 2.53. The molecule has 1 heterocycles. The molecule has 14 heavy (non-hydrogen) atoms. The molecule has 1 aromatic heterocycles. The fourth-order valence-corrected chi connectivity index (χ4v) is 2.57. The summed E-state index contributed by atoms with van der Waals surface area (Å²) in [6.07, 6.45) is 3.93. The normalized spacial score (nSPS) is 13.1. The van der Waals surface area contributed by atoms with Crippen LogP contribution in [0, 0.1) is 6.92 Å². The van der Waals surface area contributed by atoms with Gasteiger partial charge < -0.3 is 5.32 Å². The average molecular weight is 211 g/mol. The molecule has 0 aliphatic rings. The van der Waals surface area contributed by atoms with Crippen molar-refractivity contribution in [1.29, 1.82) is 0 Å². The van der Waals surface area contributed by atoms with Crippen molar-refractivity contribution in [2.45, 2.75) is 46.1 Å².